The molecule has 110 valence electrons. The summed E-state index contributed by atoms with van der Waals surface area (Å²) in [4.78, 5) is 5.25. The fourth-order valence-electron chi connectivity index (χ4n) is 3.73. The van der Waals surface area contributed by atoms with Crippen LogP contribution in [0.1, 0.15) is 31.7 Å². The van der Waals surface area contributed by atoms with Gasteiger partial charge in [0.25, 0.3) is 0 Å². The van der Waals surface area contributed by atoms with Crippen molar-refractivity contribution in [1.29, 1.82) is 0 Å². The summed E-state index contributed by atoms with van der Waals surface area (Å²) in [5, 5.41) is 0. The lowest BCUT2D eigenvalue weighted by Gasteiger charge is -2.41. The molecule has 2 aliphatic rings. The standard InChI is InChI=1S/C17H27N3/c1-14-11-17(20-9-7-16(18)13-20)8-10-19(14)12-15-5-3-2-4-6-15/h2-6,14,16-17H,7-13,18H2,1H3. The van der Waals surface area contributed by atoms with Crippen molar-refractivity contribution in [1.82, 2.24) is 9.80 Å². The number of hydrogen-bond donors (Lipinski definition) is 1. The highest BCUT2D eigenvalue weighted by Gasteiger charge is 2.32. The third kappa shape index (κ3) is 3.22. The van der Waals surface area contributed by atoms with Gasteiger partial charge in [0, 0.05) is 44.3 Å². The second-order valence-corrected chi connectivity index (χ2v) is 6.53. The van der Waals surface area contributed by atoms with Crippen LogP contribution in [0.25, 0.3) is 0 Å². The maximum absolute atomic E-state index is 6.04. The first-order chi connectivity index (χ1) is 9.72. The van der Waals surface area contributed by atoms with Gasteiger partial charge in [0.1, 0.15) is 0 Å². The fraction of sp³-hybridized carbons (Fsp3) is 0.647. The zero-order chi connectivity index (χ0) is 13.9. The number of likely N-dealkylation sites (tertiary alicyclic amines) is 2. The minimum Gasteiger partial charge on any atom is -0.326 e. The van der Waals surface area contributed by atoms with E-state index < -0.39 is 0 Å². The Bertz CT molecular complexity index is 420. The molecular formula is C17H27N3. The predicted molar refractivity (Wildman–Crippen MR) is 83.5 cm³/mol. The van der Waals surface area contributed by atoms with Crippen molar-refractivity contribution in [2.75, 3.05) is 19.6 Å². The molecule has 1 aromatic carbocycles. The summed E-state index contributed by atoms with van der Waals surface area (Å²) >= 11 is 0. The predicted octanol–water partition coefficient (Wildman–Crippen LogP) is 2.07. The van der Waals surface area contributed by atoms with Crippen LogP contribution in [0.3, 0.4) is 0 Å². The number of nitrogens with two attached hydrogens (primary N) is 1. The van der Waals surface area contributed by atoms with Gasteiger partial charge in [0.2, 0.25) is 0 Å². The van der Waals surface area contributed by atoms with E-state index in [-0.39, 0.29) is 0 Å². The number of benzene rings is 1. The first kappa shape index (κ1) is 14.1. The minimum absolute atomic E-state index is 0.410. The summed E-state index contributed by atoms with van der Waals surface area (Å²) in [7, 11) is 0. The molecule has 0 amide bonds. The van der Waals surface area contributed by atoms with E-state index in [4.69, 9.17) is 5.73 Å². The molecule has 3 nitrogen and oxygen atoms in total. The topological polar surface area (TPSA) is 32.5 Å². The Morgan fingerprint density at radius 3 is 2.60 bits per heavy atom. The maximum atomic E-state index is 6.04. The van der Waals surface area contributed by atoms with Crippen LogP contribution >= 0.6 is 0 Å². The van der Waals surface area contributed by atoms with E-state index in [9.17, 15) is 0 Å². The molecule has 2 aliphatic heterocycles. The first-order valence-corrected chi connectivity index (χ1v) is 8.00. The smallest absolute Gasteiger partial charge is 0.0236 e. The maximum Gasteiger partial charge on any atom is 0.0236 e. The molecule has 3 rings (SSSR count). The molecule has 3 unspecified atom stereocenters. The Hall–Kier alpha value is -0.900. The average molecular weight is 273 g/mol. The molecule has 2 heterocycles. The summed E-state index contributed by atoms with van der Waals surface area (Å²) in [5.74, 6) is 0. The van der Waals surface area contributed by atoms with Crippen LogP contribution < -0.4 is 5.73 Å². The van der Waals surface area contributed by atoms with E-state index >= 15 is 0 Å². The minimum atomic E-state index is 0.410. The largest absolute Gasteiger partial charge is 0.326 e. The third-order valence-electron chi connectivity index (χ3n) is 4.99. The average Bonchev–Trinajstić information content (AvgIpc) is 2.89. The van der Waals surface area contributed by atoms with Crippen molar-refractivity contribution in [2.45, 2.75) is 50.9 Å². The van der Waals surface area contributed by atoms with Gasteiger partial charge < -0.3 is 5.73 Å². The molecule has 3 atom stereocenters. The van der Waals surface area contributed by atoms with Crippen LogP contribution in [0, 0.1) is 0 Å². The lowest BCUT2D eigenvalue weighted by molar-refractivity contribution is 0.0790. The summed E-state index contributed by atoms with van der Waals surface area (Å²) in [6.07, 6.45) is 3.77. The molecular weight excluding hydrogens is 246 g/mol. The van der Waals surface area contributed by atoms with Gasteiger partial charge in [-0.15, -0.1) is 0 Å². The molecule has 1 aromatic rings. The van der Waals surface area contributed by atoms with E-state index in [1.807, 2.05) is 0 Å². The first-order valence-electron chi connectivity index (χ1n) is 8.00. The number of hydrogen-bond acceptors (Lipinski definition) is 3. The highest BCUT2D eigenvalue weighted by Crippen LogP contribution is 2.25. The van der Waals surface area contributed by atoms with Gasteiger partial charge in [-0.1, -0.05) is 30.3 Å². The normalized spacial score (nSPS) is 32.6. The quantitative estimate of drug-likeness (QED) is 0.915. The molecule has 0 radical (unpaired) electrons. The van der Waals surface area contributed by atoms with Gasteiger partial charge in [-0.3, -0.25) is 9.80 Å². The Morgan fingerprint density at radius 2 is 1.95 bits per heavy atom. The van der Waals surface area contributed by atoms with Crippen molar-refractivity contribution in [3.05, 3.63) is 35.9 Å². The second-order valence-electron chi connectivity index (χ2n) is 6.53. The van der Waals surface area contributed by atoms with E-state index in [0.29, 0.717) is 12.1 Å². The second kappa shape index (κ2) is 6.25. The summed E-state index contributed by atoms with van der Waals surface area (Å²) in [5.41, 5.74) is 7.48. The lowest BCUT2D eigenvalue weighted by atomic mass is 9.96. The van der Waals surface area contributed by atoms with Gasteiger partial charge in [0.15, 0.2) is 0 Å². The zero-order valence-corrected chi connectivity index (χ0v) is 12.5. The van der Waals surface area contributed by atoms with Crippen molar-refractivity contribution < 1.29 is 0 Å². The van der Waals surface area contributed by atoms with Crippen LogP contribution in [0.4, 0.5) is 0 Å². The van der Waals surface area contributed by atoms with Gasteiger partial charge in [-0.25, -0.2) is 0 Å². The Labute approximate surface area is 122 Å². The van der Waals surface area contributed by atoms with E-state index in [1.165, 1.54) is 37.9 Å². The fourth-order valence-corrected chi connectivity index (χ4v) is 3.73. The Balaban J connectivity index is 1.54. The Morgan fingerprint density at radius 1 is 1.15 bits per heavy atom. The summed E-state index contributed by atoms with van der Waals surface area (Å²) < 4.78 is 0. The highest BCUT2D eigenvalue weighted by atomic mass is 15.2. The molecule has 0 spiro atoms. The molecule has 0 aliphatic carbocycles. The Kier molecular flexibility index (Phi) is 4.39. The SMILES string of the molecule is CC1CC(N2CCC(N)C2)CCN1Cc1ccccc1. The molecule has 0 saturated carbocycles. The number of nitrogens with zero attached hydrogens (tertiary/aromatic N) is 2. The van der Waals surface area contributed by atoms with Crippen LogP contribution in [0.2, 0.25) is 0 Å². The van der Waals surface area contributed by atoms with Crippen molar-refractivity contribution >= 4 is 0 Å². The van der Waals surface area contributed by atoms with Gasteiger partial charge >= 0.3 is 0 Å². The highest BCUT2D eigenvalue weighted by molar-refractivity contribution is 5.14. The van der Waals surface area contributed by atoms with E-state index in [0.717, 1.165) is 19.1 Å². The number of piperidine rings is 1. The monoisotopic (exact) mass is 273 g/mol. The summed E-state index contributed by atoms with van der Waals surface area (Å²) in [6.45, 7) is 7.00. The molecule has 0 bridgehead atoms. The molecule has 3 heteroatoms. The van der Waals surface area contributed by atoms with Gasteiger partial charge in [-0.05, 0) is 31.7 Å². The number of rotatable bonds is 3. The zero-order valence-electron chi connectivity index (χ0n) is 12.5. The molecule has 0 aromatic heterocycles. The van der Waals surface area contributed by atoms with E-state index in [1.54, 1.807) is 0 Å². The third-order valence-corrected chi connectivity index (χ3v) is 4.99. The molecule has 2 fully saturated rings. The molecule has 2 N–H and O–H groups in total. The van der Waals surface area contributed by atoms with Crippen LogP contribution in [0.5, 0.6) is 0 Å². The van der Waals surface area contributed by atoms with Gasteiger partial charge in [-0.2, -0.15) is 0 Å². The van der Waals surface area contributed by atoms with Crippen LogP contribution in [-0.4, -0.2) is 47.6 Å². The van der Waals surface area contributed by atoms with Gasteiger partial charge in [0.05, 0.1) is 0 Å². The van der Waals surface area contributed by atoms with Crippen molar-refractivity contribution in [3.8, 4) is 0 Å². The summed E-state index contributed by atoms with van der Waals surface area (Å²) in [6, 6.07) is 12.7. The lowest BCUT2D eigenvalue weighted by Crippen LogP contribution is -2.48. The van der Waals surface area contributed by atoms with Crippen LogP contribution in [0.15, 0.2) is 30.3 Å². The van der Waals surface area contributed by atoms with Crippen molar-refractivity contribution in [2.24, 2.45) is 5.73 Å². The van der Waals surface area contributed by atoms with E-state index in [2.05, 4.69) is 47.1 Å². The van der Waals surface area contributed by atoms with Crippen molar-refractivity contribution in [3.63, 3.8) is 0 Å². The molecule has 2 saturated heterocycles. The molecule has 20 heavy (non-hydrogen) atoms. The van der Waals surface area contributed by atoms with Crippen LogP contribution in [-0.2, 0) is 6.54 Å².